The van der Waals surface area contributed by atoms with E-state index in [-0.39, 0.29) is 24.6 Å². The van der Waals surface area contributed by atoms with E-state index in [1.807, 2.05) is 0 Å². The summed E-state index contributed by atoms with van der Waals surface area (Å²) in [5.41, 5.74) is 0. The van der Waals surface area contributed by atoms with Crippen LogP contribution in [0, 0.1) is 5.92 Å². The Morgan fingerprint density at radius 1 is 1.12 bits per heavy atom. The number of carbonyl (C=O) groups is 1. The smallest absolute Gasteiger partial charge is 0.315 e. The van der Waals surface area contributed by atoms with Gasteiger partial charge in [0.2, 0.25) is 0 Å². The van der Waals surface area contributed by atoms with Crippen molar-refractivity contribution >= 4 is 6.03 Å². The normalized spacial score (nSPS) is 27.0. The third-order valence-corrected chi connectivity index (χ3v) is 5.71. The number of piperidine rings is 1. The molecule has 1 saturated carbocycles. The van der Waals surface area contributed by atoms with Crippen LogP contribution < -0.4 is 10.6 Å². The van der Waals surface area contributed by atoms with E-state index in [1.54, 1.807) is 0 Å². The molecule has 2 fully saturated rings. The van der Waals surface area contributed by atoms with Gasteiger partial charge in [-0.05, 0) is 52.9 Å². The quantitative estimate of drug-likeness (QED) is 0.637. The molecular formula is C18H36N4O2. The highest BCUT2D eigenvalue weighted by atomic mass is 16.3. The number of hydrogen-bond donors (Lipinski definition) is 3. The fourth-order valence-electron chi connectivity index (χ4n) is 4.00. The van der Waals surface area contributed by atoms with E-state index in [0.29, 0.717) is 12.6 Å². The number of nitrogens with one attached hydrogen (secondary N) is 2. The van der Waals surface area contributed by atoms with Gasteiger partial charge in [-0.1, -0.05) is 19.3 Å². The fraction of sp³-hybridized carbons (Fsp3) is 0.944. The summed E-state index contributed by atoms with van der Waals surface area (Å²) in [6.07, 6.45) is 7.92. The Morgan fingerprint density at radius 2 is 1.83 bits per heavy atom. The van der Waals surface area contributed by atoms with Crippen LogP contribution in [0.4, 0.5) is 4.79 Å². The average molecular weight is 341 g/mol. The standard InChI is InChI=1S/C18H36N4O2/c1-21(2)16-8-11-22(12-9-16)13-10-19-18(24)20-17-7-5-3-4-6-15(17)14-23/h15-17,23H,3-14H2,1-2H3,(H2,19,20,24). The summed E-state index contributed by atoms with van der Waals surface area (Å²) in [7, 11) is 4.30. The fourth-order valence-corrected chi connectivity index (χ4v) is 4.00. The molecule has 1 aliphatic heterocycles. The summed E-state index contributed by atoms with van der Waals surface area (Å²) in [6.45, 7) is 4.01. The number of amides is 2. The molecular weight excluding hydrogens is 304 g/mol. The van der Waals surface area contributed by atoms with Gasteiger partial charge in [-0.3, -0.25) is 0 Å². The van der Waals surface area contributed by atoms with Gasteiger partial charge in [0.25, 0.3) is 0 Å². The highest BCUT2D eigenvalue weighted by molar-refractivity contribution is 5.74. The second-order valence-corrected chi connectivity index (χ2v) is 7.62. The second-order valence-electron chi connectivity index (χ2n) is 7.62. The molecule has 6 heteroatoms. The Hall–Kier alpha value is -0.850. The third kappa shape index (κ3) is 6.22. The van der Waals surface area contributed by atoms with E-state index < -0.39 is 0 Å². The molecule has 2 rings (SSSR count). The van der Waals surface area contributed by atoms with Crippen molar-refractivity contribution in [1.29, 1.82) is 0 Å². The monoisotopic (exact) mass is 340 g/mol. The zero-order chi connectivity index (χ0) is 17.4. The van der Waals surface area contributed by atoms with Crippen molar-refractivity contribution in [2.45, 2.75) is 57.0 Å². The largest absolute Gasteiger partial charge is 0.396 e. The van der Waals surface area contributed by atoms with E-state index in [4.69, 9.17) is 0 Å². The zero-order valence-electron chi connectivity index (χ0n) is 15.5. The van der Waals surface area contributed by atoms with Crippen molar-refractivity contribution in [2.75, 3.05) is 46.9 Å². The van der Waals surface area contributed by atoms with Crippen LogP contribution in [0.15, 0.2) is 0 Å². The van der Waals surface area contributed by atoms with Gasteiger partial charge in [0, 0.05) is 37.7 Å². The number of hydrogen-bond acceptors (Lipinski definition) is 4. The van der Waals surface area contributed by atoms with Crippen molar-refractivity contribution in [3.05, 3.63) is 0 Å². The highest BCUT2D eigenvalue weighted by Gasteiger charge is 2.24. The molecule has 0 aromatic rings. The predicted octanol–water partition coefficient (Wildman–Crippen LogP) is 1.25. The topological polar surface area (TPSA) is 67.8 Å². The first-order chi connectivity index (χ1) is 11.6. The van der Waals surface area contributed by atoms with Gasteiger partial charge in [-0.25, -0.2) is 4.79 Å². The number of nitrogens with zero attached hydrogens (tertiary/aromatic N) is 2. The Kier molecular flexibility index (Phi) is 8.29. The molecule has 3 N–H and O–H groups in total. The molecule has 0 spiro atoms. The number of likely N-dealkylation sites (tertiary alicyclic amines) is 1. The lowest BCUT2D eigenvalue weighted by Crippen LogP contribution is -2.49. The minimum Gasteiger partial charge on any atom is -0.396 e. The molecule has 0 radical (unpaired) electrons. The van der Waals surface area contributed by atoms with Gasteiger partial charge in [0.05, 0.1) is 0 Å². The lowest BCUT2D eigenvalue weighted by molar-refractivity contribution is 0.145. The first-order valence-corrected chi connectivity index (χ1v) is 9.64. The first kappa shape index (κ1) is 19.5. The summed E-state index contributed by atoms with van der Waals surface area (Å²) in [6, 6.07) is 0.736. The molecule has 0 aromatic heterocycles. The zero-order valence-corrected chi connectivity index (χ0v) is 15.5. The summed E-state index contributed by atoms with van der Waals surface area (Å²) in [5.74, 6) is 0.211. The van der Waals surface area contributed by atoms with Crippen LogP contribution in [0.3, 0.4) is 0 Å². The van der Waals surface area contributed by atoms with E-state index in [9.17, 15) is 9.90 Å². The number of aliphatic hydroxyl groups is 1. The third-order valence-electron chi connectivity index (χ3n) is 5.71. The molecule has 0 bridgehead atoms. The first-order valence-electron chi connectivity index (χ1n) is 9.64. The van der Waals surface area contributed by atoms with Gasteiger partial charge < -0.3 is 25.5 Å². The van der Waals surface area contributed by atoms with Gasteiger partial charge >= 0.3 is 6.03 Å². The Balaban J connectivity index is 1.62. The summed E-state index contributed by atoms with van der Waals surface area (Å²) < 4.78 is 0. The molecule has 24 heavy (non-hydrogen) atoms. The van der Waals surface area contributed by atoms with Crippen LogP contribution >= 0.6 is 0 Å². The molecule has 1 aliphatic carbocycles. The van der Waals surface area contributed by atoms with Crippen molar-refractivity contribution in [2.24, 2.45) is 5.92 Å². The van der Waals surface area contributed by atoms with Crippen molar-refractivity contribution in [3.63, 3.8) is 0 Å². The molecule has 1 saturated heterocycles. The van der Waals surface area contributed by atoms with Gasteiger partial charge in [0.1, 0.15) is 0 Å². The number of rotatable bonds is 6. The van der Waals surface area contributed by atoms with Gasteiger partial charge in [-0.15, -0.1) is 0 Å². The van der Waals surface area contributed by atoms with Crippen molar-refractivity contribution in [1.82, 2.24) is 20.4 Å². The van der Waals surface area contributed by atoms with E-state index in [1.165, 1.54) is 19.3 Å². The van der Waals surface area contributed by atoms with Crippen LogP contribution in [0.25, 0.3) is 0 Å². The molecule has 6 nitrogen and oxygen atoms in total. The summed E-state index contributed by atoms with van der Waals surface area (Å²) in [4.78, 5) is 16.9. The summed E-state index contributed by atoms with van der Waals surface area (Å²) in [5, 5.41) is 15.6. The van der Waals surface area contributed by atoms with Crippen LogP contribution in [0.1, 0.15) is 44.9 Å². The maximum absolute atomic E-state index is 12.1. The molecule has 2 aliphatic rings. The lowest BCUT2D eigenvalue weighted by Gasteiger charge is -2.35. The highest BCUT2D eigenvalue weighted by Crippen LogP contribution is 2.23. The number of carbonyl (C=O) groups excluding carboxylic acids is 1. The molecule has 2 unspecified atom stereocenters. The second kappa shape index (κ2) is 10.2. The Bertz CT molecular complexity index is 370. The molecule has 140 valence electrons. The number of aliphatic hydroxyl groups excluding tert-OH is 1. The van der Waals surface area contributed by atoms with Crippen molar-refractivity contribution in [3.8, 4) is 0 Å². The van der Waals surface area contributed by atoms with Crippen LogP contribution in [-0.4, -0.2) is 79.9 Å². The van der Waals surface area contributed by atoms with Crippen LogP contribution in [0.5, 0.6) is 0 Å². The van der Waals surface area contributed by atoms with E-state index in [2.05, 4.69) is 34.5 Å². The Morgan fingerprint density at radius 3 is 2.50 bits per heavy atom. The van der Waals surface area contributed by atoms with E-state index in [0.717, 1.165) is 45.3 Å². The molecule has 2 amide bonds. The van der Waals surface area contributed by atoms with Gasteiger partial charge in [-0.2, -0.15) is 0 Å². The SMILES string of the molecule is CN(C)C1CCN(CCNC(=O)NC2CCCCCC2CO)CC1. The maximum Gasteiger partial charge on any atom is 0.315 e. The number of urea groups is 1. The average Bonchev–Trinajstić information content (AvgIpc) is 2.80. The van der Waals surface area contributed by atoms with Crippen molar-refractivity contribution < 1.29 is 9.90 Å². The van der Waals surface area contributed by atoms with E-state index >= 15 is 0 Å². The summed E-state index contributed by atoms with van der Waals surface area (Å²) >= 11 is 0. The molecule has 2 atom stereocenters. The minimum absolute atomic E-state index is 0.0801. The lowest BCUT2D eigenvalue weighted by atomic mass is 9.96. The Labute approximate surface area is 147 Å². The van der Waals surface area contributed by atoms with Crippen LogP contribution in [0.2, 0.25) is 0 Å². The minimum atomic E-state index is -0.0801. The maximum atomic E-state index is 12.1. The van der Waals surface area contributed by atoms with Gasteiger partial charge in [0.15, 0.2) is 0 Å². The predicted molar refractivity (Wildman–Crippen MR) is 97.1 cm³/mol. The van der Waals surface area contributed by atoms with Crippen LogP contribution in [-0.2, 0) is 0 Å². The molecule has 1 heterocycles. The molecule has 0 aromatic carbocycles.